The minimum absolute atomic E-state index is 0. The van der Waals surface area contributed by atoms with Crippen LogP contribution in [0.3, 0.4) is 0 Å². The summed E-state index contributed by atoms with van der Waals surface area (Å²) in [6.45, 7) is 20.8. The van der Waals surface area contributed by atoms with Crippen LogP contribution < -0.4 is 47.4 Å². The van der Waals surface area contributed by atoms with Gasteiger partial charge in [-0.2, -0.15) is 0 Å². The predicted molar refractivity (Wildman–Crippen MR) is 413 cm³/mol. The Balaban J connectivity index is 0. The largest absolute Gasteiger partial charge is 0.497 e. The number of benzene rings is 10. The zero-order valence-electron chi connectivity index (χ0n) is 57.4. The van der Waals surface area contributed by atoms with Gasteiger partial charge in [0.1, 0.15) is 57.5 Å². The van der Waals surface area contributed by atoms with Crippen molar-refractivity contribution in [2.45, 2.75) is 113 Å². The van der Waals surface area contributed by atoms with E-state index in [0.29, 0.717) is 0 Å². The molecule has 0 unspecified atom stereocenters. The lowest BCUT2D eigenvalue weighted by Crippen LogP contribution is -1.94. The van der Waals surface area contributed by atoms with Gasteiger partial charge in [0.15, 0.2) is 0 Å². The topological polar surface area (TPSA) is 92.3 Å². The van der Waals surface area contributed by atoms with Crippen LogP contribution in [0.2, 0.25) is 0 Å². The van der Waals surface area contributed by atoms with Gasteiger partial charge in [-0.25, -0.2) is 0 Å². The standard InChI is InChI=1S/C18H22O2.C16H18O2.C14H14O2.C9H12O.C8H10O2.C8H10O.C8H10.5CH4/c1-11-7-15(8-12(2)17(11)19-5)16-9-13(3)18(20-6)14(4)10-16;1-11-9-13(5-7-15(11)17-3)14-6-8-16(18-4)12(2)10-14;1-15-13-7-3-11(4-8-13)12-5-9-14(16-2)10-6-12;1-3-8-4-6-9(10-2)7-5-8;1-9-7-3-5-8(10-2)6-4-7;1-7-3-5-8(9-2)6-4-7;1-7-3-5-8(2)6-4-7;;;;;/h7-10H,1-6H3;5-10H,1-4H3;3-10H,1-2H3;4-7H,3H2,1-2H3;3-6H,1-2H3;3-6H,1-2H3;3-6H,1-2H3;5*1H4. The summed E-state index contributed by atoms with van der Waals surface area (Å²) in [6.07, 6.45) is 1.09. The molecule has 0 spiro atoms. The molecule has 0 aliphatic rings. The summed E-state index contributed by atoms with van der Waals surface area (Å²) in [5, 5.41) is 0. The fraction of sp³-hybridized carbons (Fsp3) is 0.302. The monoisotopic (exact) mass is 1310 g/mol. The molecule has 10 nitrogen and oxygen atoms in total. The highest BCUT2D eigenvalue weighted by molar-refractivity contribution is 5.71. The van der Waals surface area contributed by atoms with Gasteiger partial charge in [-0.05, 0) is 262 Å². The van der Waals surface area contributed by atoms with E-state index >= 15 is 0 Å². The van der Waals surface area contributed by atoms with E-state index in [1.807, 2.05) is 121 Å². The Labute approximate surface area is 581 Å². The molecule has 10 rings (SSSR count). The molecular weight excluding hydrogens is 1190 g/mol. The number of aryl methyl sites for hydroxylation is 10. The molecule has 0 amide bonds. The molecular formula is C86H116O10. The molecule has 96 heavy (non-hydrogen) atoms. The average molecular weight is 1310 g/mol. The van der Waals surface area contributed by atoms with Crippen LogP contribution in [-0.4, -0.2) is 71.1 Å². The van der Waals surface area contributed by atoms with E-state index in [2.05, 4.69) is 154 Å². The summed E-state index contributed by atoms with van der Waals surface area (Å²) in [4.78, 5) is 0. The molecule has 0 saturated carbocycles. The Kier molecular flexibility index (Phi) is 43.3. The van der Waals surface area contributed by atoms with Crippen molar-refractivity contribution in [3.63, 3.8) is 0 Å². The predicted octanol–water partition coefficient (Wildman–Crippen LogP) is 23.4. The maximum Gasteiger partial charge on any atom is 0.124 e. The van der Waals surface area contributed by atoms with Gasteiger partial charge in [-0.3, -0.25) is 0 Å². The van der Waals surface area contributed by atoms with E-state index < -0.39 is 0 Å². The molecule has 0 fully saturated rings. The maximum absolute atomic E-state index is 5.43. The number of hydrogen-bond donors (Lipinski definition) is 0. The minimum atomic E-state index is 0. The molecule has 0 aliphatic carbocycles. The highest BCUT2D eigenvalue weighted by Crippen LogP contribution is 2.35. The summed E-state index contributed by atoms with van der Waals surface area (Å²) in [7, 11) is 16.8. The van der Waals surface area contributed by atoms with Crippen molar-refractivity contribution < 1.29 is 47.4 Å². The fourth-order valence-electron chi connectivity index (χ4n) is 9.45. The molecule has 0 N–H and O–H groups in total. The smallest absolute Gasteiger partial charge is 0.124 e. The Bertz CT molecular complexity index is 3370. The van der Waals surface area contributed by atoms with Crippen LogP contribution in [0.4, 0.5) is 0 Å². The summed E-state index contributed by atoms with van der Waals surface area (Å²) < 4.78 is 51.6. The second-order valence-electron chi connectivity index (χ2n) is 21.4. The van der Waals surface area contributed by atoms with E-state index in [-0.39, 0.29) is 37.1 Å². The highest BCUT2D eigenvalue weighted by Gasteiger charge is 2.11. The summed E-state index contributed by atoms with van der Waals surface area (Å²) >= 11 is 0. The lowest BCUT2D eigenvalue weighted by atomic mass is 9.96. The molecule has 0 aliphatic heterocycles. The lowest BCUT2D eigenvalue weighted by Gasteiger charge is -2.14. The molecule has 520 valence electrons. The lowest BCUT2D eigenvalue weighted by molar-refractivity contribution is 0.403. The van der Waals surface area contributed by atoms with Gasteiger partial charge in [0.2, 0.25) is 0 Å². The Morgan fingerprint density at radius 2 is 0.417 bits per heavy atom. The second-order valence-corrected chi connectivity index (χ2v) is 21.4. The number of hydrogen-bond acceptors (Lipinski definition) is 10. The molecule has 10 aromatic rings. The maximum atomic E-state index is 5.43. The van der Waals surface area contributed by atoms with Crippen molar-refractivity contribution >= 4 is 0 Å². The van der Waals surface area contributed by atoms with Gasteiger partial charge < -0.3 is 47.4 Å². The zero-order valence-corrected chi connectivity index (χ0v) is 57.4. The van der Waals surface area contributed by atoms with E-state index in [4.69, 9.17) is 47.4 Å². The molecule has 0 radical (unpaired) electrons. The third-order valence-corrected chi connectivity index (χ3v) is 14.6. The minimum Gasteiger partial charge on any atom is -0.497 e. The zero-order chi connectivity index (χ0) is 66.8. The van der Waals surface area contributed by atoms with Crippen LogP contribution in [0.1, 0.15) is 99.7 Å². The first kappa shape index (κ1) is 88.3. The first-order chi connectivity index (χ1) is 43.8. The van der Waals surface area contributed by atoms with Gasteiger partial charge in [0, 0.05) is 0 Å². The van der Waals surface area contributed by atoms with Crippen molar-refractivity contribution in [1.82, 2.24) is 0 Å². The summed E-state index contributed by atoms with van der Waals surface area (Å²) in [5.74, 6) is 9.06. The Morgan fingerprint density at radius 3 is 0.635 bits per heavy atom. The molecule has 10 aromatic carbocycles. The first-order valence-electron chi connectivity index (χ1n) is 30.1. The normalized spacial score (nSPS) is 9.29. The Hall–Kier alpha value is -9.80. The van der Waals surface area contributed by atoms with Crippen LogP contribution in [0, 0.1) is 62.3 Å². The van der Waals surface area contributed by atoms with Crippen molar-refractivity contribution in [3.05, 3.63) is 262 Å². The van der Waals surface area contributed by atoms with Crippen LogP contribution in [0.15, 0.2) is 206 Å². The van der Waals surface area contributed by atoms with E-state index in [1.165, 1.54) is 55.6 Å². The van der Waals surface area contributed by atoms with Crippen molar-refractivity contribution in [1.29, 1.82) is 0 Å². The molecule has 0 aromatic heterocycles. The quantitative estimate of drug-likeness (QED) is 0.105. The third kappa shape index (κ3) is 28.8. The fourth-order valence-corrected chi connectivity index (χ4v) is 9.45. The van der Waals surface area contributed by atoms with Crippen LogP contribution in [0.25, 0.3) is 33.4 Å². The van der Waals surface area contributed by atoms with Gasteiger partial charge in [0.05, 0.1) is 71.1 Å². The van der Waals surface area contributed by atoms with Crippen molar-refractivity contribution in [2.75, 3.05) is 71.1 Å². The molecule has 0 bridgehead atoms. The van der Waals surface area contributed by atoms with Gasteiger partial charge in [-0.1, -0.05) is 146 Å². The number of ether oxygens (including phenoxy) is 10. The van der Waals surface area contributed by atoms with Gasteiger partial charge in [0.25, 0.3) is 0 Å². The van der Waals surface area contributed by atoms with Crippen LogP contribution >= 0.6 is 0 Å². The van der Waals surface area contributed by atoms with E-state index in [0.717, 1.165) is 97.3 Å². The molecule has 0 heterocycles. The average Bonchev–Trinajstić information content (AvgIpc) is 0.823. The van der Waals surface area contributed by atoms with Crippen molar-refractivity contribution in [2.24, 2.45) is 0 Å². The third-order valence-electron chi connectivity index (χ3n) is 14.6. The van der Waals surface area contributed by atoms with Gasteiger partial charge >= 0.3 is 0 Å². The SMILES string of the molecule is C.C.C.C.C.CCc1ccc(OC)cc1.COc1c(C)cc(-c2cc(C)c(OC)c(C)c2)cc1C.COc1ccc(-c2ccc(OC)c(C)c2)cc1C.COc1ccc(-c2ccc(OC)cc2)cc1.COc1ccc(C)cc1.COc1ccc(OC)cc1.Cc1ccc(C)cc1. The van der Waals surface area contributed by atoms with Gasteiger partial charge in [-0.15, -0.1) is 0 Å². The summed E-state index contributed by atoms with van der Waals surface area (Å²) in [6, 6.07) is 69.1. The van der Waals surface area contributed by atoms with Crippen molar-refractivity contribution in [3.8, 4) is 90.9 Å². The van der Waals surface area contributed by atoms with Crippen LogP contribution in [-0.2, 0) is 6.42 Å². The second kappa shape index (κ2) is 47.1. The Morgan fingerprint density at radius 1 is 0.208 bits per heavy atom. The molecule has 0 atom stereocenters. The highest BCUT2D eigenvalue weighted by atomic mass is 16.5. The molecule has 10 heteroatoms. The summed E-state index contributed by atoms with van der Waals surface area (Å²) in [5.41, 5.74) is 19.4. The van der Waals surface area contributed by atoms with Crippen LogP contribution in [0.5, 0.6) is 57.5 Å². The molecule has 0 saturated heterocycles. The van der Waals surface area contributed by atoms with E-state index in [9.17, 15) is 0 Å². The first-order valence-corrected chi connectivity index (χ1v) is 30.1. The number of methoxy groups -OCH3 is 10. The van der Waals surface area contributed by atoms with E-state index in [1.54, 1.807) is 71.1 Å². The number of rotatable bonds is 14.